The summed E-state index contributed by atoms with van der Waals surface area (Å²) in [5.74, 6) is -0.892. The summed E-state index contributed by atoms with van der Waals surface area (Å²) in [4.78, 5) is 5.47. The van der Waals surface area contributed by atoms with Crippen LogP contribution in [-0.2, 0) is 14.9 Å². The Morgan fingerprint density at radius 1 is 1.53 bits per heavy atom. The number of nitrogens with zero attached hydrogens (tertiary/aromatic N) is 1. The largest absolute Gasteiger partial charge is 0.290 e. The van der Waals surface area contributed by atoms with E-state index >= 15 is 0 Å². The Bertz CT molecular complexity index is 507. The summed E-state index contributed by atoms with van der Waals surface area (Å²) in [7, 11) is -2.91. The highest BCUT2D eigenvalue weighted by molar-refractivity contribution is 7.89. The van der Waals surface area contributed by atoms with Gasteiger partial charge in [-0.15, -0.1) is 0 Å². The molecule has 5 nitrogen and oxygen atoms in total. The predicted octanol–water partition coefficient (Wildman–Crippen LogP) is 0.537. The molecule has 0 atom stereocenters. The quantitative estimate of drug-likeness (QED) is 0.768. The average molecular weight is 230 g/mol. The second-order valence-corrected chi connectivity index (χ2v) is 4.13. The fraction of sp³-hybridized carbons (Fsp3) is 0.125. The molecular formula is C8H7FN2O3S. The highest BCUT2D eigenvalue weighted by atomic mass is 32.2. The minimum Gasteiger partial charge on any atom is -0.290 e. The van der Waals surface area contributed by atoms with E-state index in [4.69, 9.17) is 5.26 Å². The first kappa shape index (κ1) is 11.6. The average Bonchev–Trinajstić information content (AvgIpc) is 2.17. The molecule has 0 saturated heterocycles. The number of hydrogen-bond donors (Lipinski definition) is 1. The van der Waals surface area contributed by atoms with Crippen LogP contribution >= 0.6 is 0 Å². The molecule has 0 aliphatic rings. The van der Waals surface area contributed by atoms with E-state index in [2.05, 4.69) is 4.84 Å². The molecule has 1 rings (SSSR count). The third kappa shape index (κ3) is 2.30. The lowest BCUT2D eigenvalue weighted by atomic mass is 10.2. The molecule has 1 N–H and O–H groups in total. The van der Waals surface area contributed by atoms with Crippen LogP contribution in [0.4, 0.5) is 4.39 Å². The second-order valence-electron chi connectivity index (χ2n) is 2.52. The number of halogens is 1. The maximum Gasteiger partial charge on any atom is 0.263 e. The van der Waals surface area contributed by atoms with Gasteiger partial charge in [0.2, 0.25) is 0 Å². The van der Waals surface area contributed by atoms with Crippen LogP contribution in [0.1, 0.15) is 5.56 Å². The van der Waals surface area contributed by atoms with Crippen molar-refractivity contribution in [3.05, 3.63) is 29.6 Å². The van der Waals surface area contributed by atoms with Gasteiger partial charge < -0.3 is 0 Å². The van der Waals surface area contributed by atoms with Crippen molar-refractivity contribution in [3.63, 3.8) is 0 Å². The van der Waals surface area contributed by atoms with Crippen LogP contribution in [0.15, 0.2) is 23.1 Å². The molecule has 0 aromatic heterocycles. The lowest BCUT2D eigenvalue weighted by molar-refractivity contribution is 0.153. The van der Waals surface area contributed by atoms with Gasteiger partial charge >= 0.3 is 0 Å². The lowest BCUT2D eigenvalue weighted by Crippen LogP contribution is -2.23. The Morgan fingerprint density at radius 2 is 2.20 bits per heavy atom. The van der Waals surface area contributed by atoms with Crippen LogP contribution in [-0.4, -0.2) is 15.5 Å². The second kappa shape index (κ2) is 4.35. The van der Waals surface area contributed by atoms with Crippen molar-refractivity contribution in [2.24, 2.45) is 0 Å². The van der Waals surface area contributed by atoms with Crippen molar-refractivity contribution in [2.45, 2.75) is 4.90 Å². The Hall–Kier alpha value is -1.49. The monoisotopic (exact) mass is 230 g/mol. The van der Waals surface area contributed by atoms with Gasteiger partial charge in [-0.2, -0.15) is 5.26 Å². The first-order valence-electron chi connectivity index (χ1n) is 3.76. The molecule has 0 fully saturated rings. The van der Waals surface area contributed by atoms with Crippen LogP contribution in [0.2, 0.25) is 0 Å². The number of hydrogen-bond acceptors (Lipinski definition) is 4. The zero-order valence-electron chi connectivity index (χ0n) is 7.69. The van der Waals surface area contributed by atoms with Crippen LogP contribution in [0.5, 0.6) is 0 Å². The molecule has 0 radical (unpaired) electrons. The number of nitriles is 1. The third-order valence-electron chi connectivity index (χ3n) is 1.57. The van der Waals surface area contributed by atoms with Gasteiger partial charge in [-0.3, -0.25) is 4.84 Å². The van der Waals surface area contributed by atoms with E-state index in [9.17, 15) is 12.8 Å². The lowest BCUT2D eigenvalue weighted by Gasteiger charge is -2.05. The molecule has 0 aliphatic heterocycles. The fourth-order valence-corrected chi connectivity index (χ4v) is 1.97. The minimum atomic E-state index is -4.01. The molecule has 0 heterocycles. The van der Waals surface area contributed by atoms with Crippen molar-refractivity contribution in [3.8, 4) is 6.07 Å². The number of benzene rings is 1. The van der Waals surface area contributed by atoms with Crippen molar-refractivity contribution in [1.82, 2.24) is 4.89 Å². The molecule has 80 valence electrons. The number of rotatable bonds is 3. The zero-order chi connectivity index (χ0) is 11.5. The van der Waals surface area contributed by atoms with Crippen LogP contribution in [0.25, 0.3) is 0 Å². The van der Waals surface area contributed by atoms with E-state index in [1.165, 1.54) is 12.1 Å². The van der Waals surface area contributed by atoms with Gasteiger partial charge in [-0.05, 0) is 12.1 Å². The normalized spacial score (nSPS) is 11.0. The fourth-order valence-electron chi connectivity index (χ4n) is 0.991. The molecule has 0 aliphatic carbocycles. The molecule has 0 spiro atoms. The van der Waals surface area contributed by atoms with E-state index < -0.39 is 26.3 Å². The van der Waals surface area contributed by atoms with Gasteiger partial charge in [-0.1, -0.05) is 11.0 Å². The molecule has 15 heavy (non-hydrogen) atoms. The molecule has 7 heteroatoms. The number of sulfonamides is 1. The molecule has 0 amide bonds. The van der Waals surface area contributed by atoms with Crippen molar-refractivity contribution >= 4 is 10.0 Å². The highest BCUT2D eigenvalue weighted by Gasteiger charge is 2.20. The molecule has 0 unspecified atom stereocenters. The number of nitrogens with one attached hydrogen (secondary N) is 1. The van der Waals surface area contributed by atoms with Crippen molar-refractivity contribution in [1.29, 1.82) is 5.26 Å². The van der Waals surface area contributed by atoms with E-state index in [-0.39, 0.29) is 0 Å². The van der Waals surface area contributed by atoms with Gasteiger partial charge in [0.15, 0.2) is 0 Å². The Balaban J connectivity index is 3.40. The summed E-state index contributed by atoms with van der Waals surface area (Å²) in [6.45, 7) is 0. The SMILES string of the molecule is CONS(=O)(=O)c1cccc(F)c1C#N. The van der Waals surface area contributed by atoms with Gasteiger partial charge in [0.1, 0.15) is 22.3 Å². The zero-order valence-corrected chi connectivity index (χ0v) is 8.51. The molecule has 0 saturated carbocycles. The summed E-state index contributed by atoms with van der Waals surface area (Å²) in [6, 6.07) is 4.79. The third-order valence-corrected chi connectivity index (χ3v) is 2.88. The molecular weight excluding hydrogens is 223 g/mol. The maximum absolute atomic E-state index is 13.1. The predicted molar refractivity (Wildman–Crippen MR) is 48.4 cm³/mol. The van der Waals surface area contributed by atoms with E-state index in [1.54, 1.807) is 4.89 Å². The summed E-state index contributed by atoms with van der Waals surface area (Å²) in [5.41, 5.74) is -0.540. The maximum atomic E-state index is 13.1. The van der Waals surface area contributed by atoms with E-state index in [0.29, 0.717) is 0 Å². The molecule has 0 bridgehead atoms. The molecule has 1 aromatic rings. The summed E-state index contributed by atoms with van der Waals surface area (Å²) < 4.78 is 35.9. The van der Waals surface area contributed by atoms with Crippen LogP contribution in [0, 0.1) is 17.1 Å². The van der Waals surface area contributed by atoms with Crippen molar-refractivity contribution in [2.75, 3.05) is 7.11 Å². The highest BCUT2D eigenvalue weighted by Crippen LogP contribution is 2.17. The summed E-state index contributed by atoms with van der Waals surface area (Å²) >= 11 is 0. The van der Waals surface area contributed by atoms with Gasteiger partial charge in [0.25, 0.3) is 10.0 Å². The Morgan fingerprint density at radius 3 is 2.73 bits per heavy atom. The van der Waals surface area contributed by atoms with Gasteiger partial charge in [0.05, 0.1) is 7.11 Å². The summed E-state index contributed by atoms with van der Waals surface area (Å²) in [6.07, 6.45) is 0. The smallest absolute Gasteiger partial charge is 0.263 e. The standard InChI is InChI=1S/C8H7FN2O3S/c1-14-11-15(12,13)8-4-2-3-7(9)6(8)5-10/h2-4,11H,1H3. The first-order valence-corrected chi connectivity index (χ1v) is 5.24. The summed E-state index contributed by atoms with van der Waals surface area (Å²) in [5, 5.41) is 8.61. The Kier molecular flexibility index (Phi) is 3.36. The van der Waals surface area contributed by atoms with Crippen LogP contribution in [0.3, 0.4) is 0 Å². The first-order chi connectivity index (χ1) is 7.03. The van der Waals surface area contributed by atoms with Gasteiger partial charge in [-0.25, -0.2) is 12.8 Å². The van der Waals surface area contributed by atoms with Crippen molar-refractivity contribution < 1.29 is 17.6 Å². The minimum absolute atomic E-state index is 0.452. The van der Waals surface area contributed by atoms with E-state index in [0.717, 1.165) is 19.2 Å². The van der Waals surface area contributed by atoms with Crippen LogP contribution < -0.4 is 4.89 Å². The van der Waals surface area contributed by atoms with Gasteiger partial charge in [0, 0.05) is 0 Å². The topological polar surface area (TPSA) is 79.2 Å². The van der Waals surface area contributed by atoms with E-state index in [1.807, 2.05) is 0 Å². The molecule has 1 aromatic carbocycles. The Labute approximate surface area is 86.1 Å².